The van der Waals surface area contributed by atoms with Gasteiger partial charge in [-0.1, -0.05) is 0 Å². The highest BCUT2D eigenvalue weighted by Crippen LogP contribution is 2.20. The number of ether oxygens (including phenoxy) is 2. The summed E-state index contributed by atoms with van der Waals surface area (Å²) < 4.78 is 35.7. The molecule has 0 atom stereocenters. The first-order valence-corrected chi connectivity index (χ1v) is 7.09. The number of hydrogen-bond acceptors (Lipinski definition) is 5. The second-order valence-electron chi connectivity index (χ2n) is 5.25. The van der Waals surface area contributed by atoms with Crippen LogP contribution in [0.25, 0.3) is 5.65 Å². The summed E-state index contributed by atoms with van der Waals surface area (Å²) in [6.07, 6.45) is -2.85. The molecule has 3 heterocycles. The van der Waals surface area contributed by atoms with Crippen molar-refractivity contribution < 1.29 is 23.0 Å². The highest BCUT2D eigenvalue weighted by molar-refractivity contribution is 5.95. The van der Waals surface area contributed by atoms with Crippen LogP contribution in [0.15, 0.2) is 12.1 Å². The van der Waals surface area contributed by atoms with Gasteiger partial charge in [0.1, 0.15) is 6.61 Å². The molecule has 23 heavy (non-hydrogen) atoms. The Hall–Kier alpha value is -2.29. The number of aromatic nitrogens is 3. The van der Waals surface area contributed by atoms with E-state index in [1.807, 2.05) is 0 Å². The maximum Gasteiger partial charge on any atom is 0.274 e. The van der Waals surface area contributed by atoms with Crippen molar-refractivity contribution >= 4 is 11.6 Å². The number of methoxy groups -OCH3 is 1. The van der Waals surface area contributed by atoms with Crippen LogP contribution in [0.4, 0.5) is 8.78 Å². The smallest absolute Gasteiger partial charge is 0.274 e. The van der Waals surface area contributed by atoms with Crippen LogP contribution in [0.1, 0.15) is 16.2 Å². The first kappa shape index (κ1) is 15.6. The van der Waals surface area contributed by atoms with E-state index in [9.17, 15) is 13.6 Å². The molecule has 1 fully saturated rings. The van der Waals surface area contributed by atoms with Crippen LogP contribution < -0.4 is 4.74 Å². The molecule has 0 radical (unpaired) electrons. The standard InChI is InChI=1S/C14H16F2N4O3/c1-8-13(20-11(17-8)3-4-12(18-20)22-2)14(21)19-5-9(6-19)23-7-10(15)16/h3-4,9-10H,5-7H2,1-2H3. The van der Waals surface area contributed by atoms with Crippen molar-refractivity contribution in [2.45, 2.75) is 19.5 Å². The number of carbonyl (C=O) groups excluding carboxylic acids is 1. The van der Waals surface area contributed by atoms with Gasteiger partial charge in [0, 0.05) is 19.2 Å². The van der Waals surface area contributed by atoms with Crippen LogP contribution >= 0.6 is 0 Å². The number of halogens is 2. The molecule has 2 aromatic rings. The molecule has 1 amide bonds. The fourth-order valence-electron chi connectivity index (χ4n) is 2.45. The summed E-state index contributed by atoms with van der Waals surface area (Å²) in [5, 5.41) is 4.21. The van der Waals surface area contributed by atoms with E-state index in [1.54, 1.807) is 19.1 Å². The van der Waals surface area contributed by atoms with E-state index in [4.69, 9.17) is 9.47 Å². The van der Waals surface area contributed by atoms with Crippen LogP contribution in [0.5, 0.6) is 5.88 Å². The van der Waals surface area contributed by atoms with Crippen molar-refractivity contribution in [3.63, 3.8) is 0 Å². The van der Waals surface area contributed by atoms with Gasteiger partial charge in [0.25, 0.3) is 12.3 Å². The van der Waals surface area contributed by atoms with E-state index in [-0.39, 0.29) is 25.1 Å². The first-order chi connectivity index (χ1) is 11.0. The fraction of sp³-hybridized carbons (Fsp3) is 0.500. The minimum absolute atomic E-state index is 0.257. The predicted octanol–water partition coefficient (Wildman–Crippen LogP) is 1.15. The van der Waals surface area contributed by atoms with Gasteiger partial charge in [-0.3, -0.25) is 4.79 Å². The lowest BCUT2D eigenvalue weighted by atomic mass is 10.1. The largest absolute Gasteiger partial charge is 0.480 e. The molecule has 9 heteroatoms. The van der Waals surface area contributed by atoms with Crippen molar-refractivity contribution in [1.82, 2.24) is 19.5 Å². The predicted molar refractivity (Wildman–Crippen MR) is 75.9 cm³/mol. The number of rotatable bonds is 5. The number of hydrogen-bond donors (Lipinski definition) is 0. The summed E-state index contributed by atoms with van der Waals surface area (Å²) in [5.41, 5.74) is 1.43. The number of carbonyl (C=O) groups is 1. The normalized spacial score (nSPS) is 15.3. The molecular weight excluding hydrogens is 310 g/mol. The minimum atomic E-state index is -2.50. The Balaban J connectivity index is 1.76. The molecule has 124 valence electrons. The van der Waals surface area contributed by atoms with Gasteiger partial charge >= 0.3 is 0 Å². The summed E-state index contributed by atoms with van der Waals surface area (Å²) >= 11 is 0. The number of alkyl halides is 2. The molecule has 0 bridgehead atoms. The van der Waals surface area contributed by atoms with E-state index in [0.717, 1.165) is 0 Å². The molecule has 3 rings (SSSR count). The van der Waals surface area contributed by atoms with Crippen LogP contribution in [0.3, 0.4) is 0 Å². The van der Waals surface area contributed by atoms with Crippen molar-refractivity contribution in [1.29, 1.82) is 0 Å². The van der Waals surface area contributed by atoms with Crippen molar-refractivity contribution in [2.75, 3.05) is 26.8 Å². The molecule has 1 aliphatic heterocycles. The molecule has 0 saturated carbocycles. The van der Waals surface area contributed by atoms with Gasteiger partial charge in [-0.25, -0.2) is 18.3 Å². The lowest BCUT2D eigenvalue weighted by Crippen LogP contribution is -2.55. The molecule has 0 spiro atoms. The number of aryl methyl sites for hydroxylation is 1. The Morgan fingerprint density at radius 1 is 1.43 bits per heavy atom. The highest BCUT2D eigenvalue weighted by atomic mass is 19.3. The Morgan fingerprint density at radius 3 is 2.83 bits per heavy atom. The third kappa shape index (κ3) is 2.96. The van der Waals surface area contributed by atoms with Gasteiger partial charge in [0.2, 0.25) is 5.88 Å². The van der Waals surface area contributed by atoms with Crippen molar-refractivity contribution in [3.05, 3.63) is 23.5 Å². The van der Waals surface area contributed by atoms with Crippen LogP contribution in [-0.2, 0) is 4.74 Å². The van der Waals surface area contributed by atoms with Gasteiger partial charge in [0.15, 0.2) is 11.3 Å². The first-order valence-electron chi connectivity index (χ1n) is 7.09. The fourth-order valence-corrected chi connectivity index (χ4v) is 2.45. The SMILES string of the molecule is COc1ccc2nc(C)c(C(=O)N3CC(OCC(F)F)C3)n2n1. The molecule has 2 aromatic heterocycles. The zero-order valence-corrected chi connectivity index (χ0v) is 12.7. The number of amides is 1. The summed E-state index contributed by atoms with van der Waals surface area (Å²) in [5.74, 6) is 0.110. The number of fused-ring (bicyclic) bond motifs is 1. The summed E-state index contributed by atoms with van der Waals surface area (Å²) in [4.78, 5) is 18.4. The second kappa shape index (κ2) is 6.07. The topological polar surface area (TPSA) is 69.0 Å². The Kier molecular flexibility index (Phi) is 4.12. The van der Waals surface area contributed by atoms with E-state index >= 15 is 0 Å². The zero-order chi connectivity index (χ0) is 16.6. The molecule has 1 saturated heterocycles. The second-order valence-corrected chi connectivity index (χ2v) is 5.25. The van der Waals surface area contributed by atoms with Gasteiger partial charge in [-0.2, -0.15) is 0 Å². The maximum atomic E-state index is 12.6. The molecule has 7 nitrogen and oxygen atoms in total. The van der Waals surface area contributed by atoms with Gasteiger partial charge in [-0.15, -0.1) is 5.10 Å². The third-order valence-corrected chi connectivity index (χ3v) is 3.63. The monoisotopic (exact) mass is 326 g/mol. The average molecular weight is 326 g/mol. The average Bonchev–Trinajstić information content (AvgIpc) is 2.79. The van der Waals surface area contributed by atoms with Crippen molar-refractivity contribution in [2.24, 2.45) is 0 Å². The molecule has 0 unspecified atom stereocenters. The minimum Gasteiger partial charge on any atom is -0.480 e. The number of imidazole rings is 1. The Morgan fingerprint density at radius 2 is 2.17 bits per heavy atom. The van der Waals surface area contributed by atoms with Crippen molar-refractivity contribution in [3.8, 4) is 5.88 Å². The van der Waals surface area contributed by atoms with E-state index in [2.05, 4.69) is 10.1 Å². The number of nitrogens with zero attached hydrogens (tertiary/aromatic N) is 4. The lowest BCUT2D eigenvalue weighted by Gasteiger charge is -2.38. The van der Waals surface area contributed by atoms with E-state index in [0.29, 0.717) is 22.9 Å². The molecule has 0 aliphatic carbocycles. The van der Waals surface area contributed by atoms with Gasteiger partial charge < -0.3 is 14.4 Å². The third-order valence-electron chi connectivity index (χ3n) is 3.63. The van der Waals surface area contributed by atoms with Crippen LogP contribution in [0.2, 0.25) is 0 Å². The van der Waals surface area contributed by atoms with Crippen LogP contribution in [-0.4, -0.2) is 64.7 Å². The number of likely N-dealkylation sites (tertiary alicyclic amines) is 1. The lowest BCUT2D eigenvalue weighted by molar-refractivity contribution is -0.0777. The highest BCUT2D eigenvalue weighted by Gasteiger charge is 2.35. The maximum absolute atomic E-state index is 12.6. The summed E-state index contributed by atoms with van der Waals surface area (Å²) in [6.45, 7) is 1.67. The van der Waals surface area contributed by atoms with E-state index in [1.165, 1.54) is 16.5 Å². The van der Waals surface area contributed by atoms with E-state index < -0.39 is 13.0 Å². The molecule has 1 aliphatic rings. The van der Waals surface area contributed by atoms with Crippen LogP contribution in [0, 0.1) is 6.92 Å². The van der Waals surface area contributed by atoms with Gasteiger partial charge in [-0.05, 0) is 13.0 Å². The quantitative estimate of drug-likeness (QED) is 0.824. The summed E-state index contributed by atoms with van der Waals surface area (Å²) in [7, 11) is 1.49. The van der Waals surface area contributed by atoms with Gasteiger partial charge in [0.05, 0.1) is 18.9 Å². The Labute approximate surface area is 130 Å². The summed E-state index contributed by atoms with van der Waals surface area (Å²) in [6, 6.07) is 3.37. The molecular formula is C14H16F2N4O3. The molecule has 0 N–H and O–H groups in total. The zero-order valence-electron chi connectivity index (χ0n) is 12.7. The Bertz CT molecular complexity index is 728. The molecule has 0 aromatic carbocycles.